The largest absolute Gasteiger partial charge is 0.379 e. The van der Waals surface area contributed by atoms with Gasteiger partial charge in [0.2, 0.25) is 0 Å². The number of nitrogens with one attached hydrogen (secondary N) is 2. The van der Waals surface area contributed by atoms with Crippen LogP contribution in [0.1, 0.15) is 51.0 Å². The first-order valence-electron chi connectivity index (χ1n) is 10.3. The second kappa shape index (κ2) is 10.8. The van der Waals surface area contributed by atoms with Crippen molar-refractivity contribution >= 4 is 45.9 Å². The van der Waals surface area contributed by atoms with Gasteiger partial charge in [-0.15, -0.1) is 0 Å². The van der Waals surface area contributed by atoms with E-state index >= 15 is 0 Å². The zero-order valence-electron chi connectivity index (χ0n) is 16.7. The van der Waals surface area contributed by atoms with Gasteiger partial charge in [-0.2, -0.15) is 5.26 Å². The molecule has 0 unspecified atom stereocenters. The summed E-state index contributed by atoms with van der Waals surface area (Å²) in [5.41, 5.74) is 1.03. The number of anilines is 1. The van der Waals surface area contributed by atoms with Gasteiger partial charge in [0.25, 0.3) is 0 Å². The minimum Gasteiger partial charge on any atom is -0.379 e. The van der Waals surface area contributed by atoms with Crippen molar-refractivity contribution in [3.8, 4) is 6.07 Å². The van der Waals surface area contributed by atoms with Crippen LogP contribution in [0.25, 0.3) is 0 Å². The maximum Gasteiger partial charge on any atom is 0.319 e. The average Bonchev–Trinajstić information content (AvgIpc) is 2.72. The fourth-order valence-electron chi connectivity index (χ4n) is 4.29. The highest BCUT2D eigenvalue weighted by Gasteiger charge is 2.29. The first kappa shape index (κ1) is 22.6. The van der Waals surface area contributed by atoms with Crippen molar-refractivity contribution in [3.05, 3.63) is 26.3 Å². The summed E-state index contributed by atoms with van der Waals surface area (Å²) in [4.78, 5) is 15.0. The van der Waals surface area contributed by atoms with Crippen molar-refractivity contribution in [2.75, 3.05) is 25.0 Å². The summed E-state index contributed by atoms with van der Waals surface area (Å²) in [6.45, 7) is 4.92. The molecule has 0 spiro atoms. The average molecular weight is 531 g/mol. The summed E-state index contributed by atoms with van der Waals surface area (Å²) in [5, 5.41) is 15.3. The molecule has 1 heterocycles. The van der Waals surface area contributed by atoms with Gasteiger partial charge in [0, 0.05) is 35.4 Å². The van der Waals surface area contributed by atoms with Gasteiger partial charge in [0.1, 0.15) is 6.07 Å². The number of amides is 2. The second-order valence-corrected chi connectivity index (χ2v) is 9.29. The predicted octanol–water partition coefficient (Wildman–Crippen LogP) is 4.75. The monoisotopic (exact) mass is 530 g/mol. The smallest absolute Gasteiger partial charge is 0.319 e. The van der Waals surface area contributed by atoms with E-state index in [0.717, 1.165) is 48.9 Å². The molecule has 29 heavy (non-hydrogen) atoms. The van der Waals surface area contributed by atoms with Crippen LogP contribution in [0.5, 0.6) is 0 Å². The van der Waals surface area contributed by atoms with Crippen molar-refractivity contribution in [1.29, 1.82) is 5.26 Å². The minimum absolute atomic E-state index is 0.178. The summed E-state index contributed by atoms with van der Waals surface area (Å²) in [7, 11) is 0. The summed E-state index contributed by atoms with van der Waals surface area (Å²) in [6.07, 6.45) is 7.10. The zero-order chi connectivity index (χ0) is 20.8. The molecule has 0 radical (unpaired) electrons. The van der Waals surface area contributed by atoms with Crippen LogP contribution in [-0.2, 0) is 4.74 Å². The maximum atomic E-state index is 12.4. The molecule has 1 aliphatic carbocycles. The first-order chi connectivity index (χ1) is 14.0. The number of nitriles is 1. The molecule has 2 amide bonds. The number of hydrogen-bond donors (Lipinski definition) is 2. The fourth-order valence-corrected chi connectivity index (χ4v) is 5.10. The van der Waals surface area contributed by atoms with E-state index < -0.39 is 0 Å². The van der Waals surface area contributed by atoms with Gasteiger partial charge in [-0.05, 0) is 80.2 Å². The molecule has 3 rings (SSSR count). The molecule has 6 nitrogen and oxygen atoms in total. The molecule has 8 heteroatoms. The predicted molar refractivity (Wildman–Crippen MR) is 123 cm³/mol. The molecule has 0 aromatic heterocycles. The van der Waals surface area contributed by atoms with E-state index in [1.54, 1.807) is 12.1 Å². The quantitative estimate of drug-likeness (QED) is 0.539. The van der Waals surface area contributed by atoms with Crippen molar-refractivity contribution in [2.45, 2.75) is 63.6 Å². The Morgan fingerprint density at radius 1 is 1.28 bits per heavy atom. The van der Waals surface area contributed by atoms with E-state index in [1.165, 1.54) is 12.8 Å². The highest BCUT2D eigenvalue weighted by atomic mass is 127. The van der Waals surface area contributed by atoms with Gasteiger partial charge in [-0.25, -0.2) is 4.79 Å². The van der Waals surface area contributed by atoms with Gasteiger partial charge in [-0.1, -0.05) is 11.6 Å². The van der Waals surface area contributed by atoms with E-state index in [2.05, 4.69) is 45.0 Å². The van der Waals surface area contributed by atoms with Crippen LogP contribution in [0, 0.1) is 14.9 Å². The van der Waals surface area contributed by atoms with Crippen LogP contribution in [-0.4, -0.2) is 48.8 Å². The Labute approximate surface area is 191 Å². The zero-order valence-corrected chi connectivity index (χ0v) is 19.6. The number of nitrogens with zero attached hydrogens (tertiary/aromatic N) is 2. The minimum atomic E-state index is -0.223. The maximum absolute atomic E-state index is 12.4. The summed E-state index contributed by atoms with van der Waals surface area (Å²) < 4.78 is 6.55. The van der Waals surface area contributed by atoms with Crippen LogP contribution in [0.15, 0.2) is 12.1 Å². The van der Waals surface area contributed by atoms with Gasteiger partial charge >= 0.3 is 6.03 Å². The molecule has 0 atom stereocenters. The lowest BCUT2D eigenvalue weighted by Gasteiger charge is -2.40. The highest BCUT2D eigenvalue weighted by Crippen LogP contribution is 2.28. The van der Waals surface area contributed by atoms with E-state index in [1.807, 2.05) is 6.07 Å². The summed E-state index contributed by atoms with van der Waals surface area (Å²) >= 11 is 8.18. The number of urea groups is 1. The van der Waals surface area contributed by atoms with E-state index in [-0.39, 0.29) is 12.1 Å². The molecular weight excluding hydrogens is 503 g/mol. The SMILES string of the molecule is CCOC1CCC(N2CCC(NC(=O)Nc3cc(Cl)c(C#N)cc3I)CC2)CC1. The third-order valence-corrected chi connectivity index (χ3v) is 7.06. The molecule has 2 N–H and O–H groups in total. The Balaban J connectivity index is 1.43. The van der Waals surface area contributed by atoms with Crippen molar-refractivity contribution in [3.63, 3.8) is 0 Å². The third-order valence-electron chi connectivity index (χ3n) is 5.85. The van der Waals surface area contributed by atoms with Gasteiger partial charge in [-0.3, -0.25) is 0 Å². The van der Waals surface area contributed by atoms with Gasteiger partial charge < -0.3 is 20.3 Å². The second-order valence-electron chi connectivity index (χ2n) is 7.72. The van der Waals surface area contributed by atoms with Crippen LogP contribution in [0.2, 0.25) is 5.02 Å². The van der Waals surface area contributed by atoms with Gasteiger partial charge in [0.15, 0.2) is 0 Å². The molecule has 0 bridgehead atoms. The van der Waals surface area contributed by atoms with E-state index in [4.69, 9.17) is 21.6 Å². The third kappa shape index (κ3) is 6.20. The van der Waals surface area contributed by atoms with Gasteiger partial charge in [0.05, 0.1) is 22.4 Å². The Morgan fingerprint density at radius 2 is 1.97 bits per heavy atom. The lowest BCUT2D eigenvalue weighted by Crippen LogP contribution is -2.49. The topological polar surface area (TPSA) is 77.4 Å². The Hall–Kier alpha value is -1.08. The number of likely N-dealkylation sites (tertiary alicyclic amines) is 1. The molecule has 1 aliphatic heterocycles. The molecule has 1 aromatic carbocycles. The summed E-state index contributed by atoms with van der Waals surface area (Å²) in [5.74, 6) is 0. The normalized spacial score (nSPS) is 23.4. The molecule has 158 valence electrons. The number of rotatable bonds is 5. The number of piperidine rings is 1. The van der Waals surface area contributed by atoms with Crippen molar-refractivity contribution < 1.29 is 9.53 Å². The summed E-state index contributed by atoms with van der Waals surface area (Å²) in [6, 6.07) is 5.96. The molecule has 1 saturated heterocycles. The van der Waals surface area contributed by atoms with Crippen LogP contribution in [0.3, 0.4) is 0 Å². The molecule has 1 saturated carbocycles. The van der Waals surface area contributed by atoms with Crippen molar-refractivity contribution in [1.82, 2.24) is 10.2 Å². The highest BCUT2D eigenvalue weighted by molar-refractivity contribution is 14.1. The standard InChI is InChI=1S/C21H28ClIN4O2/c1-2-29-17-5-3-16(4-6-17)27-9-7-15(8-10-27)25-21(28)26-20-12-18(22)14(13-24)11-19(20)23/h11-12,15-17H,2-10H2,1H3,(H2,25,26,28). The number of halogens is 2. The Morgan fingerprint density at radius 3 is 2.59 bits per heavy atom. The number of benzene rings is 1. The number of carbonyl (C=O) groups excluding carboxylic acids is 1. The van der Waals surface area contributed by atoms with E-state index in [9.17, 15) is 4.79 Å². The number of carbonyl (C=O) groups is 1. The lowest BCUT2D eigenvalue weighted by atomic mass is 9.90. The van der Waals surface area contributed by atoms with Crippen LogP contribution in [0.4, 0.5) is 10.5 Å². The molecule has 2 aliphatic rings. The molecule has 1 aromatic rings. The molecule has 2 fully saturated rings. The fraction of sp³-hybridized carbons (Fsp3) is 0.619. The number of hydrogen-bond acceptors (Lipinski definition) is 4. The molecular formula is C21H28ClIN4O2. The first-order valence-corrected chi connectivity index (χ1v) is 11.8. The number of ether oxygens (including phenoxy) is 1. The van der Waals surface area contributed by atoms with Crippen LogP contribution >= 0.6 is 34.2 Å². The van der Waals surface area contributed by atoms with Crippen molar-refractivity contribution in [2.24, 2.45) is 0 Å². The van der Waals surface area contributed by atoms with E-state index in [0.29, 0.717) is 28.4 Å². The lowest BCUT2D eigenvalue weighted by molar-refractivity contribution is 0.00911. The Bertz CT molecular complexity index is 754. The van der Waals surface area contributed by atoms with Crippen LogP contribution < -0.4 is 10.6 Å². The Kier molecular flexibility index (Phi) is 8.42.